The summed E-state index contributed by atoms with van der Waals surface area (Å²) in [6.07, 6.45) is 5.01. The molecule has 0 aromatic rings. The largest absolute Gasteiger partial charge is 0.396 e. The molecule has 0 saturated carbocycles. The molecule has 0 amide bonds. The summed E-state index contributed by atoms with van der Waals surface area (Å²) in [4.78, 5) is 0. The van der Waals surface area contributed by atoms with Crippen LogP contribution in [-0.4, -0.2) is 24.3 Å². The Kier molecular flexibility index (Phi) is 3.87. The fourth-order valence-corrected chi connectivity index (χ4v) is 1.73. The molecule has 1 aliphatic heterocycles. The van der Waals surface area contributed by atoms with Crippen molar-refractivity contribution in [2.45, 2.75) is 38.6 Å². The summed E-state index contributed by atoms with van der Waals surface area (Å²) in [6.45, 7) is 3.59. The maximum atomic E-state index is 8.87. The number of piperidine rings is 1. The van der Waals surface area contributed by atoms with Gasteiger partial charge in [-0.05, 0) is 25.2 Å². The third-order valence-electron chi connectivity index (χ3n) is 2.51. The molecule has 0 aliphatic carbocycles. The van der Waals surface area contributed by atoms with Crippen molar-refractivity contribution < 1.29 is 5.11 Å². The Balaban J connectivity index is 2.14. The SMILES string of the molecule is CCCC1CCC(CO)CN1. The lowest BCUT2D eigenvalue weighted by molar-refractivity contribution is 0.181. The van der Waals surface area contributed by atoms with E-state index >= 15 is 0 Å². The highest BCUT2D eigenvalue weighted by Crippen LogP contribution is 2.16. The van der Waals surface area contributed by atoms with Crippen LogP contribution in [0.1, 0.15) is 32.6 Å². The molecule has 2 N–H and O–H groups in total. The Morgan fingerprint density at radius 2 is 2.27 bits per heavy atom. The lowest BCUT2D eigenvalue weighted by Crippen LogP contribution is -2.39. The van der Waals surface area contributed by atoms with E-state index in [1.54, 1.807) is 0 Å². The first-order chi connectivity index (χ1) is 5.36. The van der Waals surface area contributed by atoms with Crippen LogP contribution < -0.4 is 5.32 Å². The lowest BCUT2D eigenvalue weighted by atomic mass is 9.93. The zero-order valence-electron chi connectivity index (χ0n) is 7.34. The first-order valence-electron chi connectivity index (χ1n) is 4.71. The van der Waals surface area contributed by atoms with Crippen LogP contribution in [0.3, 0.4) is 0 Å². The Hall–Kier alpha value is -0.0800. The van der Waals surface area contributed by atoms with Crippen molar-refractivity contribution in [3.8, 4) is 0 Å². The average Bonchev–Trinajstić information content (AvgIpc) is 2.07. The number of rotatable bonds is 3. The average molecular weight is 157 g/mol. The van der Waals surface area contributed by atoms with Crippen molar-refractivity contribution in [2.75, 3.05) is 13.2 Å². The summed E-state index contributed by atoms with van der Waals surface area (Å²) in [6, 6.07) is 0.725. The van der Waals surface area contributed by atoms with Gasteiger partial charge < -0.3 is 10.4 Å². The van der Waals surface area contributed by atoms with Gasteiger partial charge >= 0.3 is 0 Å². The molecule has 1 fully saturated rings. The van der Waals surface area contributed by atoms with E-state index in [0.717, 1.165) is 12.6 Å². The maximum Gasteiger partial charge on any atom is 0.0471 e. The zero-order chi connectivity index (χ0) is 8.10. The minimum atomic E-state index is 0.353. The molecule has 0 aromatic carbocycles. The summed E-state index contributed by atoms with van der Waals surface area (Å²) in [5.74, 6) is 0.517. The Labute approximate surface area is 69.0 Å². The summed E-state index contributed by atoms with van der Waals surface area (Å²) in [5.41, 5.74) is 0. The van der Waals surface area contributed by atoms with E-state index in [4.69, 9.17) is 5.11 Å². The van der Waals surface area contributed by atoms with Gasteiger partial charge in [-0.15, -0.1) is 0 Å². The van der Waals surface area contributed by atoms with Gasteiger partial charge in [0, 0.05) is 19.2 Å². The molecule has 0 radical (unpaired) electrons. The fraction of sp³-hybridized carbons (Fsp3) is 1.00. The third kappa shape index (κ3) is 2.80. The quantitative estimate of drug-likeness (QED) is 0.644. The van der Waals surface area contributed by atoms with Gasteiger partial charge in [0.1, 0.15) is 0 Å². The molecule has 1 aliphatic rings. The Morgan fingerprint density at radius 3 is 2.73 bits per heavy atom. The number of nitrogens with one attached hydrogen (secondary N) is 1. The van der Waals surface area contributed by atoms with Crippen LogP contribution in [0.25, 0.3) is 0 Å². The Bertz CT molecular complexity index is 97.7. The Morgan fingerprint density at radius 1 is 1.45 bits per heavy atom. The molecule has 66 valence electrons. The van der Waals surface area contributed by atoms with Crippen molar-refractivity contribution in [3.63, 3.8) is 0 Å². The van der Waals surface area contributed by atoms with Crippen molar-refractivity contribution >= 4 is 0 Å². The molecule has 2 heteroatoms. The highest BCUT2D eigenvalue weighted by molar-refractivity contribution is 4.76. The first-order valence-corrected chi connectivity index (χ1v) is 4.71. The second-order valence-electron chi connectivity index (χ2n) is 3.52. The molecule has 0 aromatic heterocycles. The number of hydrogen-bond donors (Lipinski definition) is 2. The minimum absolute atomic E-state index is 0.353. The van der Waals surface area contributed by atoms with Crippen molar-refractivity contribution in [3.05, 3.63) is 0 Å². The van der Waals surface area contributed by atoms with Gasteiger partial charge in [-0.2, -0.15) is 0 Å². The normalized spacial score (nSPS) is 32.2. The van der Waals surface area contributed by atoms with Gasteiger partial charge in [-0.1, -0.05) is 13.3 Å². The predicted molar refractivity (Wildman–Crippen MR) is 46.5 cm³/mol. The number of hydrogen-bond acceptors (Lipinski definition) is 2. The van der Waals surface area contributed by atoms with Crippen LogP contribution in [0.4, 0.5) is 0 Å². The lowest BCUT2D eigenvalue weighted by Gasteiger charge is -2.28. The predicted octanol–water partition coefficient (Wildman–Crippen LogP) is 1.15. The van der Waals surface area contributed by atoms with Crippen molar-refractivity contribution in [1.82, 2.24) is 5.32 Å². The molecular formula is C9H19NO. The summed E-state index contributed by atoms with van der Waals surface area (Å²) < 4.78 is 0. The molecule has 0 spiro atoms. The van der Waals surface area contributed by atoms with Crippen molar-refractivity contribution in [2.24, 2.45) is 5.92 Å². The van der Waals surface area contributed by atoms with Gasteiger partial charge in [-0.25, -0.2) is 0 Å². The van der Waals surface area contributed by atoms with Crippen LogP contribution in [0.2, 0.25) is 0 Å². The van der Waals surface area contributed by atoms with Crippen LogP contribution in [0.5, 0.6) is 0 Å². The van der Waals surface area contributed by atoms with E-state index in [1.807, 2.05) is 0 Å². The standard InChI is InChI=1S/C9H19NO/c1-2-3-9-5-4-8(7-11)6-10-9/h8-11H,2-7H2,1H3. The molecule has 0 bridgehead atoms. The first kappa shape index (κ1) is 9.01. The van der Waals surface area contributed by atoms with Crippen LogP contribution in [0, 0.1) is 5.92 Å². The second-order valence-corrected chi connectivity index (χ2v) is 3.52. The minimum Gasteiger partial charge on any atom is -0.396 e. The number of aliphatic hydroxyl groups excluding tert-OH is 1. The summed E-state index contributed by atoms with van der Waals surface area (Å²) in [7, 11) is 0. The molecule has 1 rings (SSSR count). The molecule has 1 heterocycles. The van der Waals surface area contributed by atoms with E-state index in [0.29, 0.717) is 12.5 Å². The molecule has 2 atom stereocenters. The monoisotopic (exact) mass is 157 g/mol. The van der Waals surface area contributed by atoms with E-state index in [1.165, 1.54) is 25.7 Å². The van der Waals surface area contributed by atoms with Crippen LogP contribution >= 0.6 is 0 Å². The smallest absolute Gasteiger partial charge is 0.0471 e. The zero-order valence-corrected chi connectivity index (χ0v) is 7.34. The second kappa shape index (κ2) is 4.73. The van der Waals surface area contributed by atoms with Gasteiger partial charge in [0.2, 0.25) is 0 Å². The van der Waals surface area contributed by atoms with Gasteiger partial charge in [-0.3, -0.25) is 0 Å². The van der Waals surface area contributed by atoms with E-state index in [9.17, 15) is 0 Å². The third-order valence-corrected chi connectivity index (χ3v) is 2.51. The van der Waals surface area contributed by atoms with Gasteiger partial charge in [0.15, 0.2) is 0 Å². The fourth-order valence-electron chi connectivity index (χ4n) is 1.73. The molecule has 2 nitrogen and oxygen atoms in total. The molecular weight excluding hydrogens is 138 g/mol. The maximum absolute atomic E-state index is 8.87. The van der Waals surface area contributed by atoms with Gasteiger partial charge in [0.25, 0.3) is 0 Å². The highest BCUT2D eigenvalue weighted by Gasteiger charge is 2.18. The highest BCUT2D eigenvalue weighted by atomic mass is 16.3. The number of aliphatic hydroxyl groups is 1. The van der Waals surface area contributed by atoms with E-state index in [-0.39, 0.29) is 0 Å². The van der Waals surface area contributed by atoms with Crippen LogP contribution in [-0.2, 0) is 0 Å². The van der Waals surface area contributed by atoms with Crippen molar-refractivity contribution in [1.29, 1.82) is 0 Å². The van der Waals surface area contributed by atoms with E-state index < -0.39 is 0 Å². The summed E-state index contributed by atoms with van der Waals surface area (Å²) in [5, 5.41) is 12.3. The van der Waals surface area contributed by atoms with E-state index in [2.05, 4.69) is 12.2 Å². The molecule has 11 heavy (non-hydrogen) atoms. The molecule has 1 saturated heterocycles. The topological polar surface area (TPSA) is 32.3 Å². The van der Waals surface area contributed by atoms with Crippen LogP contribution in [0.15, 0.2) is 0 Å². The summed E-state index contributed by atoms with van der Waals surface area (Å²) >= 11 is 0. The van der Waals surface area contributed by atoms with Gasteiger partial charge in [0.05, 0.1) is 0 Å². The molecule has 2 unspecified atom stereocenters.